The third kappa shape index (κ3) is 2.70. The number of nitrogens with zero attached hydrogens (tertiary/aromatic N) is 1. The number of hydrogen-bond acceptors (Lipinski definition) is 5. The molecule has 0 heterocycles. The Bertz CT molecular complexity index is 635. The molecule has 128 valence electrons. The normalized spacial score (nSPS) is 33.3. The van der Waals surface area contributed by atoms with Crippen LogP contribution in [0.5, 0.6) is 0 Å². The summed E-state index contributed by atoms with van der Waals surface area (Å²) in [7, 11) is 0. The van der Waals surface area contributed by atoms with Crippen LogP contribution in [-0.2, 0) is 4.74 Å². The summed E-state index contributed by atoms with van der Waals surface area (Å²) in [5.74, 6) is 2.07. The molecule has 1 aromatic rings. The maximum absolute atomic E-state index is 11.8. The van der Waals surface area contributed by atoms with Crippen LogP contribution in [0.4, 0.5) is 11.4 Å². The molecule has 4 aliphatic carbocycles. The van der Waals surface area contributed by atoms with Gasteiger partial charge in [-0.3, -0.25) is 0 Å². The van der Waals surface area contributed by atoms with Gasteiger partial charge in [0.15, 0.2) is 0 Å². The van der Waals surface area contributed by atoms with Crippen molar-refractivity contribution in [3.63, 3.8) is 0 Å². The van der Waals surface area contributed by atoms with E-state index in [0.717, 1.165) is 23.4 Å². The Hall–Kier alpha value is -1.91. The number of hydrogen-bond donors (Lipinski definition) is 1. The average Bonchev–Trinajstić information content (AvgIpc) is 2.53. The second-order valence-electron chi connectivity index (χ2n) is 7.87. The van der Waals surface area contributed by atoms with Crippen LogP contribution in [0.1, 0.15) is 55.8 Å². The second-order valence-corrected chi connectivity index (χ2v) is 7.87. The van der Waals surface area contributed by atoms with Crippen LogP contribution in [0.25, 0.3) is 0 Å². The van der Waals surface area contributed by atoms with E-state index in [1.54, 1.807) is 13.0 Å². The minimum absolute atomic E-state index is 0.111. The first-order valence-electron chi connectivity index (χ1n) is 9.03. The van der Waals surface area contributed by atoms with Crippen LogP contribution >= 0.6 is 0 Å². The predicted molar refractivity (Wildman–Crippen MR) is 92.4 cm³/mol. The number of carbonyl (C=O) groups is 1. The van der Waals surface area contributed by atoms with E-state index >= 15 is 0 Å². The van der Waals surface area contributed by atoms with Crippen molar-refractivity contribution in [2.24, 2.45) is 22.9 Å². The zero-order valence-electron chi connectivity index (χ0n) is 14.1. The van der Waals surface area contributed by atoms with Crippen molar-refractivity contribution in [1.29, 1.82) is 0 Å². The molecule has 0 atom stereocenters. The number of anilines is 1. The van der Waals surface area contributed by atoms with Crippen LogP contribution in [0.15, 0.2) is 23.4 Å². The van der Waals surface area contributed by atoms with Gasteiger partial charge < -0.3 is 10.1 Å². The average molecular weight is 328 g/mol. The van der Waals surface area contributed by atoms with Gasteiger partial charge in [-0.05, 0) is 86.6 Å². The fourth-order valence-corrected chi connectivity index (χ4v) is 5.60. The van der Waals surface area contributed by atoms with E-state index in [9.17, 15) is 9.70 Å². The van der Waals surface area contributed by atoms with Crippen LogP contribution in [0.2, 0.25) is 0 Å². The highest BCUT2D eigenvalue weighted by Crippen LogP contribution is 2.57. The topological polar surface area (TPSA) is 67.8 Å². The molecule has 5 rings (SSSR count). The molecule has 4 bridgehead atoms. The smallest absolute Gasteiger partial charge is 0.338 e. The van der Waals surface area contributed by atoms with Crippen molar-refractivity contribution < 1.29 is 9.53 Å². The van der Waals surface area contributed by atoms with Crippen molar-refractivity contribution >= 4 is 17.3 Å². The van der Waals surface area contributed by atoms with Crippen LogP contribution in [-0.4, -0.2) is 18.1 Å². The van der Waals surface area contributed by atoms with Gasteiger partial charge >= 0.3 is 5.97 Å². The van der Waals surface area contributed by atoms with Crippen molar-refractivity contribution in [3.8, 4) is 0 Å². The zero-order valence-corrected chi connectivity index (χ0v) is 14.1. The summed E-state index contributed by atoms with van der Waals surface area (Å²) in [6.07, 6.45) is 7.70. The minimum atomic E-state index is -0.413. The first-order chi connectivity index (χ1) is 11.6. The first kappa shape index (κ1) is 15.6. The Kier molecular flexibility index (Phi) is 3.82. The maximum atomic E-state index is 11.8. The van der Waals surface area contributed by atoms with E-state index in [1.807, 2.05) is 6.07 Å². The van der Waals surface area contributed by atoms with Gasteiger partial charge in [0.2, 0.25) is 0 Å². The van der Waals surface area contributed by atoms with Crippen molar-refractivity contribution in [1.82, 2.24) is 0 Å². The molecule has 4 aliphatic rings. The van der Waals surface area contributed by atoms with Gasteiger partial charge in [0.25, 0.3) is 0 Å². The van der Waals surface area contributed by atoms with Gasteiger partial charge in [-0.1, -0.05) is 0 Å². The number of benzene rings is 1. The maximum Gasteiger partial charge on any atom is 0.338 e. The molecule has 0 amide bonds. The highest BCUT2D eigenvalue weighted by Gasteiger charge is 2.51. The largest absolute Gasteiger partial charge is 0.462 e. The Balaban J connectivity index is 1.58. The highest BCUT2D eigenvalue weighted by atomic mass is 16.5. The van der Waals surface area contributed by atoms with E-state index < -0.39 is 5.97 Å². The van der Waals surface area contributed by atoms with E-state index in [1.165, 1.54) is 44.6 Å². The van der Waals surface area contributed by atoms with E-state index in [2.05, 4.69) is 10.5 Å². The molecule has 4 fully saturated rings. The SMILES string of the molecule is CCOC(=O)c1ccc(NC23CC4CC(CC(C4)C2)C3)c(N=O)c1. The molecule has 0 aliphatic heterocycles. The molecule has 0 unspecified atom stereocenters. The fraction of sp³-hybridized carbons (Fsp3) is 0.632. The summed E-state index contributed by atoms with van der Waals surface area (Å²) in [4.78, 5) is 23.2. The predicted octanol–water partition coefficient (Wildman–Crippen LogP) is 4.64. The van der Waals surface area contributed by atoms with Gasteiger partial charge in [-0.2, -0.15) is 0 Å². The molecule has 5 heteroatoms. The van der Waals surface area contributed by atoms with E-state index in [0.29, 0.717) is 17.9 Å². The lowest BCUT2D eigenvalue weighted by Gasteiger charge is -2.57. The van der Waals surface area contributed by atoms with E-state index in [-0.39, 0.29) is 5.54 Å². The molecule has 0 saturated heterocycles. The lowest BCUT2D eigenvalue weighted by Crippen LogP contribution is -2.54. The molecule has 1 aromatic carbocycles. The Labute approximate surface area is 142 Å². The summed E-state index contributed by atoms with van der Waals surface area (Å²) in [5.41, 5.74) is 1.54. The summed E-state index contributed by atoms with van der Waals surface area (Å²) in [5, 5.41) is 6.81. The number of nitroso groups, excluding NO2 is 1. The Morgan fingerprint density at radius 2 is 1.83 bits per heavy atom. The number of rotatable bonds is 5. The molecule has 0 spiro atoms. The molecule has 1 N–H and O–H groups in total. The summed E-state index contributed by atoms with van der Waals surface area (Å²) < 4.78 is 5.00. The summed E-state index contributed by atoms with van der Waals surface area (Å²) in [6, 6.07) is 5.06. The Morgan fingerprint density at radius 1 is 1.21 bits per heavy atom. The van der Waals surface area contributed by atoms with Gasteiger partial charge in [-0.15, -0.1) is 4.91 Å². The van der Waals surface area contributed by atoms with Crippen LogP contribution in [0.3, 0.4) is 0 Å². The fourth-order valence-electron chi connectivity index (χ4n) is 5.60. The Morgan fingerprint density at radius 3 is 2.38 bits per heavy atom. The zero-order chi connectivity index (χ0) is 16.7. The number of esters is 1. The second kappa shape index (κ2) is 5.87. The minimum Gasteiger partial charge on any atom is -0.462 e. The standard InChI is InChI=1S/C19H24N2O3/c1-2-24-18(22)15-3-4-16(17(8-15)21-23)20-19-9-12-5-13(10-19)7-14(6-12)11-19/h3-4,8,12-14,20H,2,5-7,9-11H2,1H3. The van der Waals surface area contributed by atoms with Gasteiger partial charge in [0.1, 0.15) is 5.69 Å². The van der Waals surface area contributed by atoms with Gasteiger partial charge in [0, 0.05) is 5.54 Å². The lowest BCUT2D eigenvalue weighted by atomic mass is 9.53. The summed E-state index contributed by atoms with van der Waals surface area (Å²) in [6.45, 7) is 2.08. The molecular weight excluding hydrogens is 304 g/mol. The monoisotopic (exact) mass is 328 g/mol. The third-order valence-corrected chi connectivity index (χ3v) is 6.05. The van der Waals surface area contributed by atoms with Gasteiger partial charge in [-0.25, -0.2) is 4.79 Å². The quantitative estimate of drug-likeness (QED) is 0.631. The van der Waals surface area contributed by atoms with Gasteiger partial charge in [0.05, 0.1) is 17.9 Å². The molecule has 5 nitrogen and oxygen atoms in total. The first-order valence-corrected chi connectivity index (χ1v) is 9.03. The summed E-state index contributed by atoms with van der Waals surface area (Å²) >= 11 is 0. The van der Waals surface area contributed by atoms with Crippen molar-refractivity contribution in [2.45, 2.75) is 51.0 Å². The number of nitrogens with one attached hydrogen (secondary N) is 1. The van der Waals surface area contributed by atoms with Crippen LogP contribution in [0, 0.1) is 22.7 Å². The highest BCUT2D eigenvalue weighted by molar-refractivity contribution is 5.91. The third-order valence-electron chi connectivity index (χ3n) is 6.05. The lowest BCUT2D eigenvalue weighted by molar-refractivity contribution is 0.0107. The van der Waals surface area contributed by atoms with E-state index in [4.69, 9.17) is 4.74 Å². The van der Waals surface area contributed by atoms with Crippen molar-refractivity contribution in [2.75, 3.05) is 11.9 Å². The molecule has 0 aromatic heterocycles. The number of carbonyl (C=O) groups excluding carboxylic acids is 1. The van der Waals surface area contributed by atoms with Crippen molar-refractivity contribution in [3.05, 3.63) is 28.7 Å². The number of ether oxygens (including phenoxy) is 1. The molecule has 0 radical (unpaired) electrons. The molecule has 24 heavy (non-hydrogen) atoms. The molecule has 4 saturated carbocycles. The molecular formula is C19H24N2O3. The van der Waals surface area contributed by atoms with Crippen LogP contribution < -0.4 is 5.32 Å².